The standard InChI is InChI=1S/C14H12BrN5OS/c15-12-2-1-10(22-12)8-20-6-9(7-20)14-18-13(19-21-14)11-5-16-3-4-17-11/h1-5,9H,6-8H2. The summed E-state index contributed by atoms with van der Waals surface area (Å²) in [4.78, 5) is 16.4. The van der Waals surface area contributed by atoms with Crippen LogP contribution in [-0.4, -0.2) is 38.1 Å². The van der Waals surface area contributed by atoms with Crippen molar-refractivity contribution in [3.05, 3.63) is 45.3 Å². The van der Waals surface area contributed by atoms with Crippen molar-refractivity contribution in [2.75, 3.05) is 13.1 Å². The highest BCUT2D eigenvalue weighted by Crippen LogP contribution is 2.30. The van der Waals surface area contributed by atoms with E-state index in [1.54, 1.807) is 29.9 Å². The van der Waals surface area contributed by atoms with Gasteiger partial charge >= 0.3 is 0 Å². The van der Waals surface area contributed by atoms with Crippen LogP contribution in [0.3, 0.4) is 0 Å². The summed E-state index contributed by atoms with van der Waals surface area (Å²) in [6.45, 7) is 2.85. The first-order valence-corrected chi connectivity index (χ1v) is 8.45. The second kappa shape index (κ2) is 5.86. The third kappa shape index (κ3) is 2.81. The molecule has 0 bridgehead atoms. The van der Waals surface area contributed by atoms with Gasteiger partial charge in [0.15, 0.2) is 0 Å². The third-order valence-electron chi connectivity index (χ3n) is 3.55. The molecule has 0 aromatic carbocycles. The molecule has 1 saturated heterocycles. The van der Waals surface area contributed by atoms with E-state index < -0.39 is 0 Å². The van der Waals surface area contributed by atoms with Crippen LogP contribution in [0.15, 0.2) is 39.0 Å². The molecule has 1 aliphatic heterocycles. The Morgan fingerprint density at radius 2 is 2.23 bits per heavy atom. The van der Waals surface area contributed by atoms with E-state index in [1.807, 2.05) is 0 Å². The Balaban J connectivity index is 1.38. The molecule has 4 rings (SSSR count). The van der Waals surface area contributed by atoms with Gasteiger partial charge in [-0.2, -0.15) is 4.98 Å². The second-order valence-corrected chi connectivity index (χ2v) is 7.69. The molecule has 0 N–H and O–H groups in total. The van der Waals surface area contributed by atoms with Crippen molar-refractivity contribution in [2.24, 2.45) is 0 Å². The molecule has 3 aromatic rings. The summed E-state index contributed by atoms with van der Waals surface area (Å²) < 4.78 is 6.54. The van der Waals surface area contributed by atoms with Crippen molar-refractivity contribution in [3.8, 4) is 11.5 Å². The molecular formula is C14H12BrN5OS. The summed E-state index contributed by atoms with van der Waals surface area (Å²) in [5.41, 5.74) is 0.636. The molecule has 112 valence electrons. The van der Waals surface area contributed by atoms with Crippen molar-refractivity contribution in [3.63, 3.8) is 0 Å². The van der Waals surface area contributed by atoms with E-state index in [2.05, 4.69) is 53.1 Å². The maximum atomic E-state index is 5.37. The molecule has 1 fully saturated rings. The fourth-order valence-electron chi connectivity index (χ4n) is 2.43. The summed E-state index contributed by atoms with van der Waals surface area (Å²) >= 11 is 5.26. The zero-order chi connectivity index (χ0) is 14.9. The first-order valence-electron chi connectivity index (χ1n) is 6.84. The van der Waals surface area contributed by atoms with Gasteiger partial charge in [0.2, 0.25) is 11.7 Å². The first kappa shape index (κ1) is 14.0. The van der Waals surface area contributed by atoms with E-state index in [0.29, 0.717) is 23.3 Å². The van der Waals surface area contributed by atoms with E-state index in [9.17, 15) is 0 Å². The van der Waals surface area contributed by atoms with Crippen molar-refractivity contribution in [1.29, 1.82) is 0 Å². The highest BCUT2D eigenvalue weighted by atomic mass is 79.9. The van der Waals surface area contributed by atoms with Crippen molar-refractivity contribution in [1.82, 2.24) is 25.0 Å². The summed E-state index contributed by atoms with van der Waals surface area (Å²) in [5, 5.41) is 3.99. The van der Waals surface area contributed by atoms with Gasteiger partial charge in [0, 0.05) is 36.9 Å². The maximum Gasteiger partial charge on any atom is 0.232 e. The van der Waals surface area contributed by atoms with E-state index in [1.165, 1.54) is 8.66 Å². The Morgan fingerprint density at radius 1 is 1.32 bits per heavy atom. The number of thiophene rings is 1. The highest BCUT2D eigenvalue weighted by Gasteiger charge is 2.32. The Kier molecular flexibility index (Phi) is 3.73. The lowest BCUT2D eigenvalue weighted by Gasteiger charge is -2.36. The number of rotatable bonds is 4. The van der Waals surface area contributed by atoms with Gasteiger partial charge in [-0.3, -0.25) is 9.88 Å². The zero-order valence-electron chi connectivity index (χ0n) is 11.5. The number of hydrogen-bond donors (Lipinski definition) is 0. The minimum atomic E-state index is 0.307. The Hall–Kier alpha value is -1.64. The summed E-state index contributed by atoms with van der Waals surface area (Å²) in [6, 6.07) is 4.24. The van der Waals surface area contributed by atoms with Crippen LogP contribution in [0.5, 0.6) is 0 Å². The zero-order valence-corrected chi connectivity index (χ0v) is 13.9. The lowest BCUT2D eigenvalue weighted by Crippen LogP contribution is -2.44. The largest absolute Gasteiger partial charge is 0.339 e. The molecule has 3 aromatic heterocycles. The van der Waals surface area contributed by atoms with Crippen LogP contribution >= 0.6 is 27.3 Å². The quantitative estimate of drug-likeness (QED) is 0.696. The van der Waals surface area contributed by atoms with Gasteiger partial charge in [0.1, 0.15) is 5.69 Å². The average molecular weight is 378 g/mol. The number of nitrogens with zero attached hydrogens (tertiary/aromatic N) is 5. The summed E-state index contributed by atoms with van der Waals surface area (Å²) in [7, 11) is 0. The van der Waals surface area contributed by atoms with Gasteiger partial charge in [0.05, 0.1) is 15.9 Å². The van der Waals surface area contributed by atoms with E-state index in [0.717, 1.165) is 19.6 Å². The molecule has 0 unspecified atom stereocenters. The van der Waals surface area contributed by atoms with Crippen molar-refractivity contribution < 1.29 is 4.52 Å². The summed E-state index contributed by atoms with van der Waals surface area (Å²) in [5.74, 6) is 1.49. The molecule has 0 radical (unpaired) electrons. The first-order chi connectivity index (χ1) is 10.8. The van der Waals surface area contributed by atoms with Crippen LogP contribution in [0.4, 0.5) is 0 Å². The molecule has 6 nitrogen and oxygen atoms in total. The van der Waals surface area contributed by atoms with E-state index in [4.69, 9.17) is 4.52 Å². The van der Waals surface area contributed by atoms with Crippen LogP contribution in [0, 0.1) is 0 Å². The van der Waals surface area contributed by atoms with Crippen LogP contribution in [0.1, 0.15) is 16.7 Å². The molecule has 0 aliphatic carbocycles. The number of hydrogen-bond acceptors (Lipinski definition) is 7. The number of halogens is 1. The van der Waals surface area contributed by atoms with Gasteiger partial charge in [-0.1, -0.05) is 5.16 Å². The minimum Gasteiger partial charge on any atom is -0.339 e. The molecule has 4 heterocycles. The second-order valence-electron chi connectivity index (χ2n) is 5.14. The Morgan fingerprint density at radius 3 is 2.95 bits per heavy atom. The third-order valence-corrected chi connectivity index (χ3v) is 5.16. The lowest BCUT2D eigenvalue weighted by atomic mass is 10.0. The lowest BCUT2D eigenvalue weighted by molar-refractivity contribution is 0.118. The molecule has 0 saturated carbocycles. The SMILES string of the molecule is Brc1ccc(CN2CC(c3nc(-c4cnccn4)no3)C2)s1. The molecule has 0 amide bonds. The fourth-order valence-corrected chi connectivity index (χ4v) is 3.96. The van der Waals surface area contributed by atoms with Crippen molar-refractivity contribution in [2.45, 2.75) is 12.5 Å². The minimum absolute atomic E-state index is 0.307. The highest BCUT2D eigenvalue weighted by molar-refractivity contribution is 9.11. The molecule has 1 aliphatic rings. The average Bonchev–Trinajstić information content (AvgIpc) is 3.12. The van der Waals surface area contributed by atoms with Gasteiger partial charge in [-0.05, 0) is 28.1 Å². The van der Waals surface area contributed by atoms with E-state index >= 15 is 0 Å². The van der Waals surface area contributed by atoms with Crippen LogP contribution in [0.25, 0.3) is 11.5 Å². The van der Waals surface area contributed by atoms with E-state index in [-0.39, 0.29) is 0 Å². The molecule has 0 spiro atoms. The van der Waals surface area contributed by atoms with Gasteiger partial charge < -0.3 is 4.52 Å². The van der Waals surface area contributed by atoms with Gasteiger partial charge in [-0.25, -0.2) is 4.98 Å². The Bertz CT molecular complexity index is 768. The fraction of sp³-hybridized carbons (Fsp3) is 0.286. The number of likely N-dealkylation sites (tertiary alicyclic amines) is 1. The van der Waals surface area contributed by atoms with Gasteiger partial charge in [0.25, 0.3) is 0 Å². The summed E-state index contributed by atoms with van der Waals surface area (Å²) in [6.07, 6.45) is 4.88. The normalized spacial score (nSPS) is 15.9. The maximum absolute atomic E-state index is 5.37. The predicted octanol–water partition coefficient (Wildman–Crippen LogP) is 2.95. The van der Waals surface area contributed by atoms with Crippen molar-refractivity contribution >= 4 is 27.3 Å². The smallest absolute Gasteiger partial charge is 0.232 e. The molecular weight excluding hydrogens is 366 g/mol. The molecule has 22 heavy (non-hydrogen) atoms. The molecule has 0 atom stereocenters. The van der Waals surface area contributed by atoms with Crippen LogP contribution in [-0.2, 0) is 6.54 Å². The van der Waals surface area contributed by atoms with Crippen LogP contribution < -0.4 is 0 Å². The molecule has 8 heteroatoms. The van der Waals surface area contributed by atoms with Gasteiger partial charge in [-0.15, -0.1) is 11.3 Å². The topological polar surface area (TPSA) is 67.9 Å². The monoisotopic (exact) mass is 377 g/mol. The number of aromatic nitrogens is 4. The Labute approximate surface area is 139 Å². The van der Waals surface area contributed by atoms with Crippen LogP contribution in [0.2, 0.25) is 0 Å². The predicted molar refractivity (Wildman–Crippen MR) is 85.4 cm³/mol.